The van der Waals surface area contributed by atoms with E-state index in [1.165, 1.54) is 20.3 Å². The van der Waals surface area contributed by atoms with Crippen molar-refractivity contribution in [3.8, 4) is 11.5 Å². The van der Waals surface area contributed by atoms with Gasteiger partial charge in [-0.05, 0) is 59.4 Å². The van der Waals surface area contributed by atoms with Gasteiger partial charge in [0.25, 0.3) is 0 Å². The lowest BCUT2D eigenvalue weighted by Crippen LogP contribution is -2.10. The minimum atomic E-state index is -0.537. The maximum atomic E-state index is 12.4. The monoisotopic (exact) mass is 466 g/mol. The number of carbonyl (C=O) groups is 2. The molecule has 0 radical (unpaired) electrons. The molecule has 0 aliphatic heterocycles. The number of ether oxygens (including phenoxy) is 3. The minimum absolute atomic E-state index is 0.161. The summed E-state index contributed by atoms with van der Waals surface area (Å²) >= 11 is 2.18. The third-order valence-corrected chi connectivity index (χ3v) is 4.32. The summed E-state index contributed by atoms with van der Waals surface area (Å²) in [5.41, 5.74) is 1.31. The fourth-order valence-electron chi connectivity index (χ4n) is 2.37. The first-order valence-corrected chi connectivity index (χ1v) is 8.99. The highest BCUT2D eigenvalue weighted by Crippen LogP contribution is 2.34. The molecule has 0 N–H and O–H groups in total. The molecule has 0 fully saturated rings. The Morgan fingerprint density at radius 1 is 1.04 bits per heavy atom. The third-order valence-electron chi connectivity index (χ3n) is 3.60. The minimum Gasteiger partial charge on any atom is -0.493 e. The summed E-state index contributed by atoms with van der Waals surface area (Å²) in [6, 6.07) is 10.6. The fourth-order valence-corrected chi connectivity index (χ4v) is 2.73. The predicted octanol–water partition coefficient (Wildman–Crippen LogP) is 4.38. The molecule has 2 aromatic rings. The summed E-state index contributed by atoms with van der Waals surface area (Å²) in [6.07, 6.45) is 3.00. The summed E-state index contributed by atoms with van der Waals surface area (Å²) in [6.45, 7) is 1.95. The van der Waals surface area contributed by atoms with Gasteiger partial charge in [0.05, 0.1) is 20.8 Å². The Labute approximate surface area is 166 Å². The fraction of sp³-hybridized carbons (Fsp3) is 0.200. The Balaban J connectivity index is 2.42. The van der Waals surface area contributed by atoms with E-state index in [0.717, 1.165) is 3.57 Å². The number of hydrogen-bond donors (Lipinski definition) is 0. The molecule has 0 amide bonds. The van der Waals surface area contributed by atoms with Gasteiger partial charge in [0, 0.05) is 9.13 Å². The van der Waals surface area contributed by atoms with Gasteiger partial charge in [-0.3, -0.25) is 4.79 Å². The average molecular weight is 466 g/mol. The van der Waals surface area contributed by atoms with Gasteiger partial charge in [-0.15, -0.1) is 0 Å². The highest BCUT2D eigenvalue weighted by atomic mass is 127. The normalized spacial score (nSPS) is 10.6. The molecule has 0 saturated carbocycles. The zero-order chi connectivity index (χ0) is 19.1. The predicted molar refractivity (Wildman–Crippen MR) is 108 cm³/mol. The first-order valence-electron chi connectivity index (χ1n) is 7.91. The molecule has 0 aliphatic rings. The Bertz CT molecular complexity index is 825. The van der Waals surface area contributed by atoms with Crippen molar-refractivity contribution in [3.63, 3.8) is 0 Å². The van der Waals surface area contributed by atoms with Crippen molar-refractivity contribution < 1.29 is 23.8 Å². The van der Waals surface area contributed by atoms with Crippen LogP contribution in [0.15, 0.2) is 42.5 Å². The Morgan fingerprint density at radius 3 is 2.31 bits per heavy atom. The van der Waals surface area contributed by atoms with Crippen LogP contribution in [0.1, 0.15) is 33.2 Å². The van der Waals surface area contributed by atoms with Gasteiger partial charge in [0.1, 0.15) is 5.56 Å². The van der Waals surface area contributed by atoms with E-state index in [4.69, 9.17) is 14.2 Å². The maximum Gasteiger partial charge on any atom is 0.342 e. The van der Waals surface area contributed by atoms with Crippen molar-refractivity contribution in [2.45, 2.75) is 6.92 Å². The van der Waals surface area contributed by atoms with E-state index in [1.807, 2.05) is 12.1 Å². The molecule has 0 saturated heterocycles. The molecule has 0 spiro atoms. The lowest BCUT2D eigenvalue weighted by Gasteiger charge is -2.14. The molecule has 136 valence electrons. The van der Waals surface area contributed by atoms with Crippen LogP contribution in [0.5, 0.6) is 11.5 Å². The van der Waals surface area contributed by atoms with Gasteiger partial charge < -0.3 is 14.2 Å². The summed E-state index contributed by atoms with van der Waals surface area (Å²) < 4.78 is 16.7. The van der Waals surface area contributed by atoms with Crippen molar-refractivity contribution >= 4 is 40.4 Å². The van der Waals surface area contributed by atoms with Gasteiger partial charge >= 0.3 is 5.97 Å². The number of ketones is 1. The lowest BCUT2D eigenvalue weighted by atomic mass is 10.0. The Hall–Kier alpha value is -2.35. The van der Waals surface area contributed by atoms with Crippen LogP contribution in [0.2, 0.25) is 0 Å². The van der Waals surface area contributed by atoms with Crippen molar-refractivity contribution in [2.24, 2.45) is 0 Å². The van der Waals surface area contributed by atoms with E-state index in [2.05, 4.69) is 22.6 Å². The zero-order valence-electron chi connectivity index (χ0n) is 14.7. The third kappa shape index (κ3) is 4.63. The molecule has 0 heterocycles. The van der Waals surface area contributed by atoms with Crippen LogP contribution < -0.4 is 9.47 Å². The quantitative estimate of drug-likeness (QED) is 0.262. The zero-order valence-corrected chi connectivity index (χ0v) is 16.9. The second kappa shape index (κ2) is 9.38. The van der Waals surface area contributed by atoms with Crippen LogP contribution in [0, 0.1) is 3.57 Å². The number of methoxy groups -OCH3 is 2. The van der Waals surface area contributed by atoms with E-state index in [-0.39, 0.29) is 23.7 Å². The maximum absolute atomic E-state index is 12.4. The summed E-state index contributed by atoms with van der Waals surface area (Å²) in [5.74, 6) is -0.0120. The molecule has 0 atom stereocenters. The number of halogens is 1. The standard InChI is InChI=1S/C20H19IO5/c1-4-26-20(23)18-14(8-12-17(24-2)19(18)25-3)7-11-16(22)13-5-9-15(21)10-6-13/h5-12H,4H2,1-3H3. The van der Waals surface area contributed by atoms with E-state index in [1.54, 1.807) is 37.3 Å². The number of allylic oxidation sites excluding steroid dienone is 1. The van der Waals surface area contributed by atoms with Gasteiger partial charge in [0.15, 0.2) is 17.3 Å². The number of carbonyl (C=O) groups excluding carboxylic acids is 2. The molecule has 6 heteroatoms. The van der Waals surface area contributed by atoms with Crippen LogP contribution >= 0.6 is 22.6 Å². The molecular formula is C20H19IO5. The van der Waals surface area contributed by atoms with Crippen LogP contribution in [0.25, 0.3) is 6.08 Å². The molecule has 5 nitrogen and oxygen atoms in total. The summed E-state index contributed by atoms with van der Waals surface area (Å²) in [5, 5.41) is 0. The number of esters is 1. The van der Waals surface area contributed by atoms with Gasteiger partial charge in [-0.2, -0.15) is 0 Å². The van der Waals surface area contributed by atoms with E-state index in [0.29, 0.717) is 16.9 Å². The van der Waals surface area contributed by atoms with Crippen LogP contribution in [0.3, 0.4) is 0 Å². The first kappa shape index (κ1) is 20.0. The summed E-state index contributed by atoms with van der Waals surface area (Å²) in [4.78, 5) is 24.7. The van der Waals surface area contributed by atoms with E-state index < -0.39 is 5.97 Å². The van der Waals surface area contributed by atoms with Crippen LogP contribution in [0.4, 0.5) is 0 Å². The highest BCUT2D eigenvalue weighted by molar-refractivity contribution is 14.1. The number of rotatable bonds is 7. The van der Waals surface area contributed by atoms with E-state index >= 15 is 0 Å². The molecule has 0 unspecified atom stereocenters. The second-order valence-corrected chi connectivity index (χ2v) is 6.44. The summed E-state index contributed by atoms with van der Waals surface area (Å²) in [7, 11) is 2.94. The number of hydrogen-bond acceptors (Lipinski definition) is 5. The van der Waals surface area contributed by atoms with Crippen molar-refractivity contribution in [2.75, 3.05) is 20.8 Å². The Morgan fingerprint density at radius 2 is 1.73 bits per heavy atom. The number of benzene rings is 2. The molecule has 0 aliphatic carbocycles. The molecule has 0 bridgehead atoms. The smallest absolute Gasteiger partial charge is 0.342 e. The molecular weight excluding hydrogens is 447 g/mol. The van der Waals surface area contributed by atoms with Gasteiger partial charge in [-0.25, -0.2) is 4.79 Å². The first-order chi connectivity index (χ1) is 12.5. The van der Waals surface area contributed by atoms with Crippen molar-refractivity contribution in [1.82, 2.24) is 0 Å². The van der Waals surface area contributed by atoms with Gasteiger partial charge in [0.2, 0.25) is 0 Å². The molecule has 2 rings (SSSR count). The molecule has 0 aromatic heterocycles. The topological polar surface area (TPSA) is 61.8 Å². The van der Waals surface area contributed by atoms with Crippen molar-refractivity contribution in [1.29, 1.82) is 0 Å². The largest absolute Gasteiger partial charge is 0.493 e. The molecule has 2 aromatic carbocycles. The van der Waals surface area contributed by atoms with Crippen LogP contribution in [-0.2, 0) is 4.74 Å². The lowest BCUT2D eigenvalue weighted by molar-refractivity contribution is 0.0521. The van der Waals surface area contributed by atoms with Crippen molar-refractivity contribution in [3.05, 3.63) is 62.7 Å². The van der Waals surface area contributed by atoms with Gasteiger partial charge in [-0.1, -0.05) is 24.3 Å². The van der Waals surface area contributed by atoms with E-state index in [9.17, 15) is 9.59 Å². The van der Waals surface area contributed by atoms with Crippen LogP contribution in [-0.4, -0.2) is 32.6 Å². The molecule has 26 heavy (non-hydrogen) atoms. The second-order valence-electron chi connectivity index (χ2n) is 5.19. The average Bonchev–Trinajstić information content (AvgIpc) is 2.65. The Kier molecular flexibility index (Phi) is 7.20. The SMILES string of the molecule is CCOC(=O)c1c(C=CC(=O)c2ccc(I)cc2)ccc(OC)c1OC. The highest BCUT2D eigenvalue weighted by Gasteiger charge is 2.21.